The number of carbonyl (C=O) groups excluding carboxylic acids is 2. The van der Waals surface area contributed by atoms with E-state index in [4.69, 9.17) is 15.0 Å². The quantitative estimate of drug-likeness (QED) is 0.0677. The van der Waals surface area contributed by atoms with Crippen molar-refractivity contribution in [2.24, 2.45) is 23.7 Å². The molecule has 3 fully saturated rings. The fourth-order valence-corrected chi connectivity index (χ4v) is 11.0. The van der Waals surface area contributed by atoms with E-state index < -0.39 is 18.1 Å². The molecule has 0 radical (unpaired) electrons. The van der Waals surface area contributed by atoms with E-state index in [0.29, 0.717) is 58.6 Å². The van der Waals surface area contributed by atoms with E-state index in [-0.39, 0.29) is 48.5 Å². The van der Waals surface area contributed by atoms with Crippen LogP contribution < -0.4 is 15.8 Å². The van der Waals surface area contributed by atoms with Gasteiger partial charge in [0.25, 0.3) is 5.88 Å². The molecule has 5 atom stereocenters. The van der Waals surface area contributed by atoms with Crippen molar-refractivity contribution in [3.8, 4) is 56.3 Å². The number of aliphatic hydroxyl groups excluding tert-OH is 1. The maximum Gasteiger partial charge on any atom is 0.254 e. The maximum atomic E-state index is 14.2. The van der Waals surface area contributed by atoms with Crippen LogP contribution in [0.1, 0.15) is 101 Å². The van der Waals surface area contributed by atoms with Gasteiger partial charge in [-0.2, -0.15) is 5.10 Å². The smallest absolute Gasteiger partial charge is 0.254 e. The number of nitrogens with two attached hydrogens (primary N) is 1. The third-order valence-electron chi connectivity index (χ3n) is 14.4. The summed E-state index contributed by atoms with van der Waals surface area (Å²) in [7, 11) is 0. The first-order valence-electron chi connectivity index (χ1n) is 24.9. The van der Waals surface area contributed by atoms with Crippen molar-refractivity contribution in [1.82, 2.24) is 45.2 Å². The molecule has 71 heavy (non-hydrogen) atoms. The van der Waals surface area contributed by atoms with Gasteiger partial charge in [-0.05, 0) is 118 Å². The Hall–Kier alpha value is -6.61. The SMILES string of the molecule is Cc1ncsc1-c1ccc([C@H](C)NC(=O)[C@@H]2C[C@@H](O)CN2C(=O)[C@@H](c2cc(OCCC3CCN(CC4CC(C#C[C@@H](C)n5cc(-c6cc(-c7ccccc7O)nnc6N)cn5)C4)CC3)no2)C(C)C)cc1. The lowest BCUT2D eigenvalue weighted by Crippen LogP contribution is -2.48. The molecule has 1 saturated carbocycles. The molecule has 2 amide bonds. The fourth-order valence-electron chi connectivity index (χ4n) is 10.2. The van der Waals surface area contributed by atoms with E-state index in [0.717, 1.165) is 79.0 Å². The number of hydrogen-bond acceptors (Lipinski definition) is 14. The number of benzene rings is 2. The lowest BCUT2D eigenvalue weighted by atomic mass is 9.74. The van der Waals surface area contributed by atoms with Crippen molar-refractivity contribution >= 4 is 29.0 Å². The highest BCUT2D eigenvalue weighted by molar-refractivity contribution is 7.13. The minimum atomic E-state index is -0.817. The number of phenolic OH excluding ortho intramolecular Hbond substituents is 1. The van der Waals surface area contributed by atoms with Gasteiger partial charge >= 0.3 is 0 Å². The standard InChI is InChI=1S/C54H64N10O6S/c1-32(2)50(54(68)63-30-42(65)24-46(63)53(67)58-34(4)39-12-14-40(15-13-39)51-35(5)56-31-71-51)48-26-49(61-70-48)69-21-18-36-16-19-62(20-17-36)28-38-22-37(23-38)11-10-33(3)64-29-41(27-57-64)44-25-45(59-60-52(44)55)43-8-6-7-9-47(43)66/h6-9,12-15,25-27,29,31-34,36-38,42,46,50,65-66H,16-24,28,30H2,1-5H3,(H2,55,60)(H,58,67)/t33-,34+,37?,38?,42-,46+,50-/m1/s1. The van der Waals surface area contributed by atoms with Crippen LogP contribution in [-0.2, 0) is 9.59 Å². The summed E-state index contributed by atoms with van der Waals surface area (Å²) < 4.78 is 13.7. The van der Waals surface area contributed by atoms with Gasteiger partial charge in [0.2, 0.25) is 11.8 Å². The highest BCUT2D eigenvalue weighted by Gasteiger charge is 2.43. The molecule has 9 rings (SSSR count). The van der Waals surface area contributed by atoms with Crippen LogP contribution in [0.2, 0.25) is 0 Å². The molecular formula is C54H64N10O6S. The summed E-state index contributed by atoms with van der Waals surface area (Å²) in [6.07, 6.45) is 8.37. The number of rotatable bonds is 16. The number of ether oxygens (including phenoxy) is 1. The molecule has 1 aliphatic carbocycles. The number of aromatic nitrogens is 6. The summed E-state index contributed by atoms with van der Waals surface area (Å²) in [5.41, 5.74) is 13.7. The van der Waals surface area contributed by atoms with Crippen molar-refractivity contribution in [3.63, 3.8) is 0 Å². The number of aliphatic hydroxyl groups is 1. The first-order valence-corrected chi connectivity index (χ1v) is 25.7. The van der Waals surface area contributed by atoms with Crippen molar-refractivity contribution < 1.29 is 29.1 Å². The fraction of sp³-hybridized carbons (Fsp3) is 0.463. The molecule has 2 aliphatic heterocycles. The van der Waals surface area contributed by atoms with Crippen molar-refractivity contribution in [2.75, 3.05) is 38.5 Å². The van der Waals surface area contributed by atoms with Crippen LogP contribution >= 0.6 is 11.3 Å². The number of anilines is 1. The number of hydrogen-bond donors (Lipinski definition) is 4. The number of piperidine rings is 1. The summed E-state index contributed by atoms with van der Waals surface area (Å²) in [5, 5.41) is 41.2. The van der Waals surface area contributed by atoms with Crippen LogP contribution in [-0.4, -0.2) is 107 Å². The van der Waals surface area contributed by atoms with Crippen LogP contribution in [0.25, 0.3) is 32.8 Å². The van der Waals surface area contributed by atoms with E-state index in [1.165, 1.54) is 4.90 Å². The zero-order chi connectivity index (χ0) is 49.8. The lowest BCUT2D eigenvalue weighted by Gasteiger charge is -2.39. The number of phenols is 1. The Kier molecular flexibility index (Phi) is 15.2. The van der Waals surface area contributed by atoms with E-state index >= 15 is 0 Å². The van der Waals surface area contributed by atoms with Gasteiger partial charge < -0.3 is 40.3 Å². The van der Waals surface area contributed by atoms with Crippen molar-refractivity contribution in [2.45, 2.75) is 103 Å². The number of amides is 2. The minimum Gasteiger partial charge on any atom is -0.507 e. The zero-order valence-corrected chi connectivity index (χ0v) is 41.9. The average molecular weight is 981 g/mol. The van der Waals surface area contributed by atoms with Gasteiger partial charge in [0, 0.05) is 54.4 Å². The van der Waals surface area contributed by atoms with Gasteiger partial charge in [-0.15, -0.1) is 21.5 Å². The van der Waals surface area contributed by atoms with Crippen LogP contribution in [0.15, 0.2) is 83.1 Å². The van der Waals surface area contributed by atoms with Gasteiger partial charge in [-0.1, -0.05) is 62.1 Å². The number of nitrogens with zero attached hydrogens (tertiary/aromatic N) is 8. The molecule has 2 saturated heterocycles. The summed E-state index contributed by atoms with van der Waals surface area (Å²) in [4.78, 5) is 37.5. The number of nitrogen functional groups attached to an aromatic ring is 1. The summed E-state index contributed by atoms with van der Waals surface area (Å²) in [6, 6.07) is 17.4. The number of likely N-dealkylation sites (tertiary alicyclic amines) is 2. The Morgan fingerprint density at radius 3 is 2.49 bits per heavy atom. The van der Waals surface area contributed by atoms with E-state index in [1.807, 2.05) is 87.4 Å². The minimum absolute atomic E-state index is 0.0638. The van der Waals surface area contributed by atoms with Crippen LogP contribution in [0.4, 0.5) is 5.82 Å². The highest BCUT2D eigenvalue weighted by atomic mass is 32.1. The molecule has 2 aromatic carbocycles. The summed E-state index contributed by atoms with van der Waals surface area (Å²) >= 11 is 1.59. The maximum absolute atomic E-state index is 14.2. The topological polar surface area (TPSA) is 211 Å². The molecular weight excluding hydrogens is 917 g/mol. The first-order chi connectivity index (χ1) is 34.3. The van der Waals surface area contributed by atoms with Gasteiger partial charge in [-0.25, -0.2) is 4.98 Å². The Labute approximate surface area is 419 Å². The normalized spacial score (nSPS) is 20.7. The summed E-state index contributed by atoms with van der Waals surface area (Å²) in [5.74, 6) is 8.22. The average Bonchev–Trinajstić information content (AvgIpc) is 4.19. The Morgan fingerprint density at radius 2 is 1.76 bits per heavy atom. The third kappa shape index (κ3) is 11.5. The molecule has 16 nitrogen and oxygen atoms in total. The van der Waals surface area contributed by atoms with Crippen LogP contribution in [0.3, 0.4) is 0 Å². The molecule has 6 aromatic rings. The number of β-amino-alcohol motifs (C(OH)–C–C–N with tert-alkyl or cyclic N) is 1. The number of carbonyl (C=O) groups is 2. The van der Waals surface area contributed by atoms with Gasteiger partial charge in [0.05, 0.1) is 46.7 Å². The Balaban J connectivity index is 0.692. The number of para-hydroxylation sites is 1. The second-order valence-electron chi connectivity index (χ2n) is 19.9. The van der Waals surface area contributed by atoms with Crippen LogP contribution in [0.5, 0.6) is 11.6 Å². The second kappa shape index (κ2) is 21.8. The van der Waals surface area contributed by atoms with Crippen molar-refractivity contribution in [3.05, 3.63) is 95.6 Å². The van der Waals surface area contributed by atoms with Gasteiger partial charge in [0.15, 0.2) is 11.6 Å². The second-order valence-corrected chi connectivity index (χ2v) is 20.8. The lowest BCUT2D eigenvalue weighted by molar-refractivity contribution is -0.141. The monoisotopic (exact) mass is 980 g/mol. The van der Waals surface area contributed by atoms with Crippen molar-refractivity contribution in [1.29, 1.82) is 0 Å². The number of nitrogens with one attached hydrogen (secondary N) is 1. The number of aromatic hydroxyl groups is 1. The molecule has 3 aliphatic rings. The molecule has 0 spiro atoms. The molecule has 5 N–H and O–H groups in total. The zero-order valence-electron chi connectivity index (χ0n) is 41.1. The Bertz CT molecular complexity index is 2850. The molecule has 0 unspecified atom stereocenters. The van der Waals surface area contributed by atoms with Crippen LogP contribution in [0, 0.1) is 42.4 Å². The largest absolute Gasteiger partial charge is 0.507 e. The summed E-state index contributed by atoms with van der Waals surface area (Å²) in [6.45, 7) is 13.6. The van der Waals surface area contributed by atoms with Gasteiger partial charge in [0.1, 0.15) is 23.8 Å². The number of aryl methyl sites for hydroxylation is 1. The molecule has 372 valence electrons. The van der Waals surface area contributed by atoms with E-state index in [1.54, 1.807) is 41.8 Å². The highest BCUT2D eigenvalue weighted by Crippen LogP contribution is 2.37. The predicted molar refractivity (Wildman–Crippen MR) is 272 cm³/mol. The number of thiazole rings is 1. The van der Waals surface area contributed by atoms with E-state index in [2.05, 4.69) is 47.5 Å². The third-order valence-corrected chi connectivity index (χ3v) is 15.4. The first kappa shape index (κ1) is 49.4. The molecule has 0 bridgehead atoms. The van der Waals surface area contributed by atoms with Gasteiger partial charge in [-0.3, -0.25) is 14.3 Å². The molecule has 6 heterocycles. The predicted octanol–water partition coefficient (Wildman–Crippen LogP) is 8.07. The molecule has 17 heteroatoms. The Morgan fingerprint density at radius 1 is 0.986 bits per heavy atom. The molecule has 4 aromatic heterocycles. The van der Waals surface area contributed by atoms with E-state index in [9.17, 15) is 19.8 Å².